The summed E-state index contributed by atoms with van der Waals surface area (Å²) < 4.78 is 0. The third kappa shape index (κ3) is 2.75. The minimum absolute atomic E-state index is 0.401. The Labute approximate surface area is 115 Å². The molecule has 0 aromatic rings. The van der Waals surface area contributed by atoms with E-state index in [2.05, 4.69) is 0 Å². The average Bonchev–Trinajstić information content (AvgIpc) is 2.17. The standard InChI is InChI=1S/C12H14Cl2N4/c13-8-5-12(17,18)6-9(14)10(8)7-1-3-11(15,16)4-2-7/h1-6H,15-18H2. The van der Waals surface area contributed by atoms with Crippen molar-refractivity contribution in [2.24, 2.45) is 22.9 Å². The predicted octanol–water partition coefficient (Wildman–Crippen LogP) is 0.895. The van der Waals surface area contributed by atoms with E-state index < -0.39 is 11.3 Å². The molecule has 0 saturated carbocycles. The summed E-state index contributed by atoms with van der Waals surface area (Å²) in [6.07, 6.45) is 9.94. The van der Waals surface area contributed by atoms with E-state index in [0.717, 1.165) is 5.57 Å². The smallest absolute Gasteiger partial charge is 0.106 e. The van der Waals surface area contributed by atoms with Gasteiger partial charge in [-0.3, -0.25) is 0 Å². The van der Waals surface area contributed by atoms with Gasteiger partial charge >= 0.3 is 0 Å². The first-order valence-corrected chi connectivity index (χ1v) is 6.01. The van der Waals surface area contributed by atoms with E-state index >= 15 is 0 Å². The van der Waals surface area contributed by atoms with Gasteiger partial charge in [-0.05, 0) is 29.9 Å². The van der Waals surface area contributed by atoms with E-state index in [1.807, 2.05) is 0 Å². The van der Waals surface area contributed by atoms with Crippen LogP contribution in [-0.2, 0) is 0 Å². The summed E-state index contributed by atoms with van der Waals surface area (Å²) in [6, 6.07) is 0. The van der Waals surface area contributed by atoms with Crippen LogP contribution in [0, 0.1) is 0 Å². The van der Waals surface area contributed by atoms with Gasteiger partial charge in [0.15, 0.2) is 0 Å². The molecule has 0 bridgehead atoms. The highest BCUT2D eigenvalue weighted by Gasteiger charge is 2.26. The second-order valence-corrected chi connectivity index (χ2v) is 5.30. The summed E-state index contributed by atoms with van der Waals surface area (Å²) in [4.78, 5) is 0. The van der Waals surface area contributed by atoms with Crippen molar-refractivity contribution in [2.45, 2.75) is 11.3 Å². The molecule has 0 fully saturated rings. The maximum atomic E-state index is 6.15. The zero-order valence-corrected chi connectivity index (χ0v) is 11.0. The van der Waals surface area contributed by atoms with Gasteiger partial charge in [0, 0.05) is 15.6 Å². The van der Waals surface area contributed by atoms with Crippen LogP contribution in [0.5, 0.6) is 0 Å². The molecule has 0 spiro atoms. The summed E-state index contributed by atoms with van der Waals surface area (Å²) in [7, 11) is 0. The Morgan fingerprint density at radius 3 is 1.67 bits per heavy atom. The van der Waals surface area contributed by atoms with Crippen LogP contribution >= 0.6 is 23.2 Å². The molecule has 0 heterocycles. The average molecular weight is 285 g/mol. The van der Waals surface area contributed by atoms with Gasteiger partial charge in [0.25, 0.3) is 0 Å². The number of hydrogen-bond acceptors (Lipinski definition) is 4. The normalized spacial score (nSPS) is 25.0. The largest absolute Gasteiger partial charge is 0.307 e. The van der Waals surface area contributed by atoms with Gasteiger partial charge in [0.05, 0.1) is 0 Å². The van der Waals surface area contributed by atoms with Crippen molar-refractivity contribution in [1.82, 2.24) is 0 Å². The molecular weight excluding hydrogens is 271 g/mol. The van der Waals surface area contributed by atoms with Gasteiger partial charge in [0.2, 0.25) is 0 Å². The third-order valence-corrected chi connectivity index (χ3v) is 3.22. The molecule has 0 saturated heterocycles. The van der Waals surface area contributed by atoms with Crippen molar-refractivity contribution < 1.29 is 0 Å². The summed E-state index contributed by atoms with van der Waals surface area (Å²) in [5.74, 6) is 0. The lowest BCUT2D eigenvalue weighted by Gasteiger charge is -2.25. The maximum absolute atomic E-state index is 6.15. The highest BCUT2D eigenvalue weighted by molar-refractivity contribution is 6.39. The quantitative estimate of drug-likeness (QED) is 0.496. The summed E-state index contributed by atoms with van der Waals surface area (Å²) in [5.41, 5.74) is 22.3. The summed E-state index contributed by atoms with van der Waals surface area (Å²) in [5, 5.41) is 0.802. The Kier molecular flexibility index (Phi) is 3.27. The fraction of sp³-hybridized carbons (Fsp3) is 0.167. The molecule has 0 amide bonds. The molecule has 96 valence electrons. The summed E-state index contributed by atoms with van der Waals surface area (Å²) in [6.45, 7) is 0. The molecule has 18 heavy (non-hydrogen) atoms. The van der Waals surface area contributed by atoms with Gasteiger partial charge in [-0.15, -0.1) is 0 Å². The topological polar surface area (TPSA) is 104 Å². The van der Waals surface area contributed by atoms with Crippen LogP contribution in [0.2, 0.25) is 0 Å². The lowest BCUT2D eigenvalue weighted by Crippen LogP contribution is -2.47. The summed E-state index contributed by atoms with van der Waals surface area (Å²) >= 11 is 12.3. The lowest BCUT2D eigenvalue weighted by atomic mass is 9.93. The van der Waals surface area contributed by atoms with E-state index in [1.165, 1.54) is 12.2 Å². The first-order chi connectivity index (χ1) is 8.20. The molecule has 4 nitrogen and oxygen atoms in total. The molecule has 8 N–H and O–H groups in total. The number of rotatable bonds is 0. The van der Waals surface area contributed by atoms with Gasteiger partial charge < -0.3 is 22.9 Å². The van der Waals surface area contributed by atoms with Crippen LogP contribution in [0.25, 0.3) is 0 Å². The van der Waals surface area contributed by atoms with E-state index in [9.17, 15) is 0 Å². The van der Waals surface area contributed by atoms with Crippen molar-refractivity contribution in [3.05, 3.63) is 57.7 Å². The fourth-order valence-corrected chi connectivity index (χ4v) is 2.61. The highest BCUT2D eigenvalue weighted by Crippen LogP contribution is 2.36. The van der Waals surface area contributed by atoms with Gasteiger partial charge in [-0.25, -0.2) is 0 Å². The van der Waals surface area contributed by atoms with E-state index in [-0.39, 0.29) is 0 Å². The van der Waals surface area contributed by atoms with Gasteiger partial charge in [-0.1, -0.05) is 35.4 Å². The van der Waals surface area contributed by atoms with Crippen LogP contribution < -0.4 is 22.9 Å². The number of nitrogens with two attached hydrogens (primary N) is 4. The van der Waals surface area contributed by atoms with Gasteiger partial charge in [-0.2, -0.15) is 0 Å². The first kappa shape index (κ1) is 13.5. The van der Waals surface area contributed by atoms with Crippen molar-refractivity contribution in [3.63, 3.8) is 0 Å². The molecule has 2 rings (SSSR count). The van der Waals surface area contributed by atoms with Crippen LogP contribution in [0.4, 0.5) is 0 Å². The van der Waals surface area contributed by atoms with Crippen LogP contribution in [-0.4, -0.2) is 11.3 Å². The van der Waals surface area contributed by atoms with Crippen LogP contribution in [0.15, 0.2) is 57.7 Å². The van der Waals surface area contributed by atoms with Crippen molar-refractivity contribution in [1.29, 1.82) is 0 Å². The van der Waals surface area contributed by atoms with E-state index in [4.69, 9.17) is 46.1 Å². The van der Waals surface area contributed by atoms with E-state index in [1.54, 1.807) is 24.3 Å². The second kappa shape index (κ2) is 4.35. The number of allylic oxidation sites excluding steroid dienone is 6. The molecule has 0 radical (unpaired) electrons. The maximum Gasteiger partial charge on any atom is 0.106 e. The van der Waals surface area contributed by atoms with Crippen LogP contribution in [0.1, 0.15) is 0 Å². The van der Waals surface area contributed by atoms with Gasteiger partial charge in [0.1, 0.15) is 11.3 Å². The molecule has 0 atom stereocenters. The molecule has 0 aliphatic heterocycles. The molecular formula is C12H14Cl2N4. The first-order valence-electron chi connectivity index (χ1n) is 5.26. The Morgan fingerprint density at radius 2 is 1.22 bits per heavy atom. The lowest BCUT2D eigenvalue weighted by molar-refractivity contribution is 0.682. The zero-order valence-electron chi connectivity index (χ0n) is 9.53. The number of halogens is 2. The van der Waals surface area contributed by atoms with Crippen molar-refractivity contribution in [2.75, 3.05) is 0 Å². The van der Waals surface area contributed by atoms with Crippen molar-refractivity contribution in [3.8, 4) is 0 Å². The van der Waals surface area contributed by atoms with Crippen molar-refractivity contribution >= 4 is 23.2 Å². The fourth-order valence-electron chi connectivity index (χ4n) is 1.76. The molecule has 2 aliphatic rings. The minimum atomic E-state index is -1.13. The second-order valence-electron chi connectivity index (χ2n) is 4.48. The molecule has 2 aliphatic carbocycles. The SMILES string of the molecule is NC1(N)C=CC(=C2C(Cl)=CC(N)(N)C=C2Cl)C=C1. The highest BCUT2D eigenvalue weighted by atomic mass is 35.5. The van der Waals surface area contributed by atoms with E-state index in [0.29, 0.717) is 15.6 Å². The molecule has 6 heteroatoms. The predicted molar refractivity (Wildman–Crippen MR) is 75.4 cm³/mol. The number of hydrogen-bond donors (Lipinski definition) is 4. The third-order valence-electron chi connectivity index (χ3n) is 2.62. The monoisotopic (exact) mass is 284 g/mol. The molecule has 0 aromatic heterocycles. The minimum Gasteiger partial charge on any atom is -0.307 e. The molecule has 0 unspecified atom stereocenters. The Morgan fingerprint density at radius 1 is 0.778 bits per heavy atom. The van der Waals surface area contributed by atoms with Crippen LogP contribution in [0.3, 0.4) is 0 Å². The Hall–Kier alpha value is -0.880. The molecule has 0 aromatic carbocycles. The Balaban J connectivity index is 2.48. The Bertz CT molecular complexity index is 494. The zero-order chi connectivity index (χ0) is 13.6.